The molecule has 0 fully saturated rings. The van der Waals surface area contributed by atoms with Crippen molar-refractivity contribution in [1.29, 1.82) is 0 Å². The molecule has 1 aliphatic rings. The fourth-order valence-electron chi connectivity index (χ4n) is 4.01. The van der Waals surface area contributed by atoms with Crippen molar-refractivity contribution in [1.82, 2.24) is 9.78 Å². The molecule has 0 bridgehead atoms. The van der Waals surface area contributed by atoms with Gasteiger partial charge in [0.2, 0.25) is 0 Å². The second-order valence-corrected chi connectivity index (χ2v) is 9.29. The van der Waals surface area contributed by atoms with E-state index in [0.717, 1.165) is 29.8 Å². The zero-order valence-electron chi connectivity index (χ0n) is 17.5. The molecule has 1 heterocycles. The van der Waals surface area contributed by atoms with Crippen molar-refractivity contribution in [2.45, 2.75) is 66.2 Å². The Kier molecular flexibility index (Phi) is 5.41. The topological polar surface area (TPSA) is 34.9 Å². The summed E-state index contributed by atoms with van der Waals surface area (Å²) in [6.45, 7) is 13.1. The second kappa shape index (κ2) is 7.46. The Morgan fingerprint density at radius 2 is 1.85 bits per heavy atom. The van der Waals surface area contributed by atoms with E-state index >= 15 is 0 Å². The maximum Gasteiger partial charge on any atom is 0.270 e. The lowest BCUT2D eigenvalue weighted by Crippen LogP contribution is -2.23. The third-order valence-electron chi connectivity index (χ3n) is 5.50. The molecule has 3 nitrogen and oxygen atoms in total. The van der Waals surface area contributed by atoms with Crippen LogP contribution in [0.3, 0.4) is 0 Å². The van der Waals surface area contributed by atoms with E-state index in [2.05, 4.69) is 53.7 Å². The number of aromatic nitrogens is 2. The first kappa shape index (κ1) is 19.6. The highest BCUT2D eigenvalue weighted by atomic mass is 16.2. The number of carbonyl (C=O) groups is 1. The van der Waals surface area contributed by atoms with Crippen LogP contribution < -0.4 is 0 Å². The Hall–Kier alpha value is -2.16. The molecule has 0 N–H and O–H groups in total. The summed E-state index contributed by atoms with van der Waals surface area (Å²) in [6.07, 6.45) is 5.93. The van der Waals surface area contributed by atoms with Crippen LogP contribution in [0.25, 0.3) is 11.3 Å². The van der Waals surface area contributed by atoms with Crippen molar-refractivity contribution in [2.75, 3.05) is 0 Å². The lowest BCUT2D eigenvalue weighted by atomic mass is 9.75. The molecule has 27 heavy (non-hydrogen) atoms. The van der Waals surface area contributed by atoms with Gasteiger partial charge in [-0.2, -0.15) is 5.10 Å². The van der Waals surface area contributed by atoms with Crippen LogP contribution >= 0.6 is 0 Å². The van der Waals surface area contributed by atoms with Crippen molar-refractivity contribution in [3.05, 3.63) is 53.7 Å². The molecule has 0 amide bonds. The Morgan fingerprint density at radius 3 is 2.44 bits per heavy atom. The van der Waals surface area contributed by atoms with Crippen molar-refractivity contribution >= 4 is 5.91 Å². The molecule has 0 saturated heterocycles. The summed E-state index contributed by atoms with van der Waals surface area (Å²) < 4.78 is 1.69. The van der Waals surface area contributed by atoms with Gasteiger partial charge in [0.25, 0.3) is 5.91 Å². The SMILES string of the molecule is CC1CCC(C(C)C)c2c1c(-c1ccccc1)nn2C(=O)/C=C/C(C)(C)C. The molecule has 2 unspecified atom stereocenters. The average Bonchev–Trinajstić information content (AvgIpc) is 3.01. The number of allylic oxidation sites excluding steroid dienone is 2. The minimum atomic E-state index is -0.0388. The Labute approximate surface area is 163 Å². The lowest BCUT2D eigenvalue weighted by Gasteiger charge is -2.30. The van der Waals surface area contributed by atoms with E-state index in [4.69, 9.17) is 5.10 Å². The van der Waals surface area contributed by atoms with Crippen LogP contribution in [0.2, 0.25) is 0 Å². The molecular weight excluding hydrogens is 332 g/mol. The summed E-state index contributed by atoms with van der Waals surface area (Å²) in [6, 6.07) is 10.3. The number of rotatable bonds is 3. The van der Waals surface area contributed by atoms with E-state index in [9.17, 15) is 4.79 Å². The highest BCUT2D eigenvalue weighted by Crippen LogP contribution is 2.46. The molecule has 0 saturated carbocycles. The molecule has 1 aromatic carbocycles. The van der Waals surface area contributed by atoms with Crippen LogP contribution in [0.1, 0.15) is 82.3 Å². The smallest absolute Gasteiger partial charge is 0.267 e. The van der Waals surface area contributed by atoms with Gasteiger partial charge in [-0.05, 0) is 30.1 Å². The molecule has 0 aliphatic heterocycles. The van der Waals surface area contributed by atoms with Gasteiger partial charge in [0.15, 0.2) is 0 Å². The summed E-state index contributed by atoms with van der Waals surface area (Å²) in [7, 11) is 0. The van der Waals surface area contributed by atoms with Gasteiger partial charge < -0.3 is 0 Å². The van der Waals surface area contributed by atoms with E-state index in [1.54, 1.807) is 10.8 Å². The van der Waals surface area contributed by atoms with Gasteiger partial charge in [-0.15, -0.1) is 0 Å². The fraction of sp³-hybridized carbons (Fsp3) is 0.500. The Morgan fingerprint density at radius 1 is 1.19 bits per heavy atom. The van der Waals surface area contributed by atoms with Gasteiger partial charge in [-0.1, -0.05) is 78.0 Å². The van der Waals surface area contributed by atoms with Crippen molar-refractivity contribution in [3.8, 4) is 11.3 Å². The molecule has 144 valence electrons. The van der Waals surface area contributed by atoms with Crippen molar-refractivity contribution in [3.63, 3.8) is 0 Å². The summed E-state index contributed by atoms with van der Waals surface area (Å²) in [4.78, 5) is 13.1. The average molecular weight is 365 g/mol. The number of fused-ring (bicyclic) bond motifs is 1. The zero-order valence-corrected chi connectivity index (χ0v) is 17.5. The highest BCUT2D eigenvalue weighted by Gasteiger charge is 2.35. The van der Waals surface area contributed by atoms with Gasteiger partial charge >= 0.3 is 0 Å². The van der Waals surface area contributed by atoms with Gasteiger partial charge in [-0.3, -0.25) is 4.79 Å². The van der Waals surface area contributed by atoms with Gasteiger partial charge in [-0.25, -0.2) is 4.68 Å². The van der Waals surface area contributed by atoms with Crippen molar-refractivity contribution in [2.24, 2.45) is 11.3 Å². The molecule has 3 heteroatoms. The van der Waals surface area contributed by atoms with Crippen LogP contribution in [0, 0.1) is 11.3 Å². The highest BCUT2D eigenvalue weighted by molar-refractivity contribution is 5.91. The number of hydrogen-bond acceptors (Lipinski definition) is 2. The molecule has 1 aliphatic carbocycles. The van der Waals surface area contributed by atoms with Crippen LogP contribution in [0.15, 0.2) is 42.5 Å². The zero-order chi connectivity index (χ0) is 19.8. The predicted octanol–water partition coefficient (Wildman–Crippen LogP) is 6.43. The maximum absolute atomic E-state index is 13.1. The fourth-order valence-corrected chi connectivity index (χ4v) is 4.01. The largest absolute Gasteiger partial charge is 0.270 e. The summed E-state index contributed by atoms with van der Waals surface area (Å²) in [5, 5.41) is 4.86. The first-order valence-electron chi connectivity index (χ1n) is 10.1. The second-order valence-electron chi connectivity index (χ2n) is 9.29. The summed E-state index contributed by atoms with van der Waals surface area (Å²) in [5.41, 5.74) is 4.43. The molecule has 2 atom stereocenters. The van der Waals surface area contributed by atoms with Gasteiger partial charge in [0.1, 0.15) is 0 Å². The third-order valence-corrected chi connectivity index (χ3v) is 5.50. The quantitative estimate of drug-likeness (QED) is 0.588. The molecule has 2 aromatic rings. The third kappa shape index (κ3) is 4.07. The van der Waals surface area contributed by atoms with Crippen LogP contribution in [-0.2, 0) is 0 Å². The number of nitrogens with zero attached hydrogens (tertiary/aromatic N) is 2. The van der Waals surface area contributed by atoms with Crippen molar-refractivity contribution < 1.29 is 4.79 Å². The summed E-state index contributed by atoms with van der Waals surface area (Å²) in [5.74, 6) is 1.23. The number of carbonyl (C=O) groups excluding carboxylic acids is 1. The molecular formula is C24H32N2O. The van der Waals surface area contributed by atoms with E-state index in [0.29, 0.717) is 17.8 Å². The minimum absolute atomic E-state index is 0.0319. The van der Waals surface area contributed by atoms with Gasteiger partial charge in [0.05, 0.1) is 11.4 Å². The molecule has 1 aromatic heterocycles. The van der Waals surface area contributed by atoms with Crippen LogP contribution in [0.5, 0.6) is 0 Å². The first-order valence-corrected chi connectivity index (χ1v) is 10.1. The summed E-state index contributed by atoms with van der Waals surface area (Å²) >= 11 is 0. The maximum atomic E-state index is 13.1. The number of hydrogen-bond donors (Lipinski definition) is 0. The Balaban J connectivity index is 2.19. The van der Waals surface area contributed by atoms with E-state index in [1.165, 1.54) is 5.56 Å². The van der Waals surface area contributed by atoms with Gasteiger partial charge in [0, 0.05) is 23.1 Å². The standard InChI is InChI=1S/C24H32N2O/c1-16(2)19-13-12-17(3)21-22(18-10-8-7-9-11-18)25-26(23(19)21)20(27)14-15-24(4,5)6/h7-11,14-17,19H,12-13H2,1-6H3/b15-14+. The monoisotopic (exact) mass is 364 g/mol. The molecule has 0 spiro atoms. The van der Waals surface area contributed by atoms with E-state index in [1.807, 2.05) is 24.3 Å². The van der Waals surface area contributed by atoms with E-state index < -0.39 is 0 Å². The molecule has 0 radical (unpaired) electrons. The minimum Gasteiger partial charge on any atom is -0.267 e. The predicted molar refractivity (Wildman–Crippen MR) is 112 cm³/mol. The first-order chi connectivity index (χ1) is 12.7. The van der Waals surface area contributed by atoms with Crippen LogP contribution in [0.4, 0.5) is 0 Å². The Bertz CT molecular complexity index is 837. The van der Waals surface area contributed by atoms with Crippen LogP contribution in [-0.4, -0.2) is 15.7 Å². The van der Waals surface area contributed by atoms with E-state index in [-0.39, 0.29) is 11.3 Å². The normalized spacial score (nSPS) is 20.3. The lowest BCUT2D eigenvalue weighted by molar-refractivity contribution is 0.0945. The number of benzene rings is 1. The molecule has 3 rings (SSSR count).